The maximum Gasteiger partial charge on any atom is 0.231 e. The molecule has 1 N–H and O–H groups in total. The molecular weight excluding hydrogens is 396 g/mol. The SMILES string of the molecule is O=C(NCc1ccc(-c2nc(-c3ccc4c(c3)OCO4)cs2)cc1)C1CCCCC1. The van der Waals surface area contributed by atoms with Crippen molar-refractivity contribution in [2.45, 2.75) is 38.6 Å². The molecule has 0 bridgehead atoms. The van der Waals surface area contributed by atoms with Gasteiger partial charge in [-0.3, -0.25) is 4.79 Å². The van der Waals surface area contributed by atoms with E-state index in [0.717, 1.165) is 51.7 Å². The zero-order valence-electron chi connectivity index (χ0n) is 16.7. The molecule has 2 heterocycles. The fourth-order valence-corrected chi connectivity index (χ4v) is 4.89. The first-order valence-electron chi connectivity index (χ1n) is 10.5. The number of ether oxygens (including phenoxy) is 2. The summed E-state index contributed by atoms with van der Waals surface area (Å²) >= 11 is 1.62. The summed E-state index contributed by atoms with van der Waals surface area (Å²) in [5.41, 5.74) is 4.13. The highest BCUT2D eigenvalue weighted by atomic mass is 32.1. The van der Waals surface area contributed by atoms with E-state index in [4.69, 9.17) is 14.5 Å². The van der Waals surface area contributed by atoms with Gasteiger partial charge < -0.3 is 14.8 Å². The smallest absolute Gasteiger partial charge is 0.231 e. The Labute approximate surface area is 180 Å². The fraction of sp³-hybridized carbons (Fsp3) is 0.333. The number of thiazole rings is 1. The zero-order chi connectivity index (χ0) is 20.3. The van der Waals surface area contributed by atoms with E-state index in [1.807, 2.05) is 18.2 Å². The standard InChI is InChI=1S/C24H24N2O3S/c27-23(17-4-2-1-3-5-17)25-13-16-6-8-18(9-7-16)24-26-20(14-30-24)19-10-11-21-22(12-19)29-15-28-21/h6-12,14,17H,1-5,13,15H2,(H,25,27). The Balaban J connectivity index is 1.23. The molecule has 2 aromatic carbocycles. The van der Waals surface area contributed by atoms with Gasteiger partial charge in [-0.15, -0.1) is 11.3 Å². The Morgan fingerprint density at radius 1 is 1.00 bits per heavy atom. The van der Waals surface area contributed by atoms with Gasteiger partial charge in [0.1, 0.15) is 5.01 Å². The summed E-state index contributed by atoms with van der Waals surface area (Å²) in [6.45, 7) is 0.852. The largest absolute Gasteiger partial charge is 0.454 e. The Kier molecular flexibility index (Phi) is 5.41. The number of carbonyl (C=O) groups excluding carboxylic acids is 1. The summed E-state index contributed by atoms with van der Waals surface area (Å²) in [4.78, 5) is 17.1. The molecule has 1 aromatic heterocycles. The van der Waals surface area contributed by atoms with E-state index in [0.29, 0.717) is 6.54 Å². The predicted molar refractivity (Wildman–Crippen MR) is 118 cm³/mol. The van der Waals surface area contributed by atoms with Gasteiger partial charge in [-0.05, 0) is 36.6 Å². The summed E-state index contributed by atoms with van der Waals surface area (Å²) in [6, 6.07) is 14.2. The van der Waals surface area contributed by atoms with E-state index in [9.17, 15) is 4.79 Å². The Hall–Kier alpha value is -2.86. The quantitative estimate of drug-likeness (QED) is 0.600. The van der Waals surface area contributed by atoms with Crippen LogP contribution in [0, 0.1) is 5.92 Å². The Morgan fingerprint density at radius 2 is 1.77 bits per heavy atom. The number of amides is 1. The third-order valence-electron chi connectivity index (χ3n) is 5.82. The second-order valence-corrected chi connectivity index (χ2v) is 8.71. The fourth-order valence-electron chi connectivity index (χ4n) is 4.06. The van der Waals surface area contributed by atoms with Crippen molar-refractivity contribution in [2.24, 2.45) is 5.92 Å². The van der Waals surface area contributed by atoms with E-state index in [1.54, 1.807) is 11.3 Å². The molecule has 1 fully saturated rings. The molecule has 1 amide bonds. The number of nitrogens with zero attached hydrogens (tertiary/aromatic N) is 1. The van der Waals surface area contributed by atoms with Crippen LogP contribution in [0.4, 0.5) is 0 Å². The lowest BCUT2D eigenvalue weighted by Crippen LogP contribution is -2.31. The minimum Gasteiger partial charge on any atom is -0.454 e. The first-order valence-corrected chi connectivity index (χ1v) is 11.4. The molecule has 6 heteroatoms. The highest BCUT2D eigenvalue weighted by Crippen LogP contribution is 2.37. The van der Waals surface area contributed by atoms with Crippen LogP contribution in [0.15, 0.2) is 47.8 Å². The van der Waals surface area contributed by atoms with Crippen molar-refractivity contribution in [1.82, 2.24) is 10.3 Å². The van der Waals surface area contributed by atoms with Gasteiger partial charge in [0.2, 0.25) is 12.7 Å². The average molecular weight is 421 g/mol. The molecule has 0 atom stereocenters. The van der Waals surface area contributed by atoms with Crippen molar-refractivity contribution < 1.29 is 14.3 Å². The molecule has 0 unspecified atom stereocenters. The molecule has 1 aliphatic carbocycles. The number of carbonyl (C=O) groups is 1. The van der Waals surface area contributed by atoms with Crippen molar-refractivity contribution in [2.75, 3.05) is 6.79 Å². The van der Waals surface area contributed by atoms with Gasteiger partial charge >= 0.3 is 0 Å². The van der Waals surface area contributed by atoms with E-state index >= 15 is 0 Å². The molecule has 1 aliphatic heterocycles. The van der Waals surface area contributed by atoms with Gasteiger partial charge in [-0.25, -0.2) is 4.98 Å². The van der Waals surface area contributed by atoms with Crippen LogP contribution in [-0.2, 0) is 11.3 Å². The van der Waals surface area contributed by atoms with Gasteiger partial charge in [-0.1, -0.05) is 43.5 Å². The molecule has 0 spiro atoms. The Morgan fingerprint density at radius 3 is 2.60 bits per heavy atom. The Bertz CT molecular complexity index is 1040. The van der Waals surface area contributed by atoms with Crippen molar-refractivity contribution in [1.29, 1.82) is 0 Å². The first-order chi connectivity index (χ1) is 14.8. The molecular formula is C24H24N2O3S. The lowest BCUT2D eigenvalue weighted by molar-refractivity contribution is -0.126. The molecule has 30 heavy (non-hydrogen) atoms. The minimum atomic E-state index is 0.197. The average Bonchev–Trinajstić information content (AvgIpc) is 3.47. The molecule has 3 aromatic rings. The summed E-state index contributed by atoms with van der Waals surface area (Å²) in [6.07, 6.45) is 5.67. The van der Waals surface area contributed by atoms with Crippen LogP contribution in [0.3, 0.4) is 0 Å². The van der Waals surface area contributed by atoms with Gasteiger partial charge in [0.25, 0.3) is 0 Å². The highest BCUT2D eigenvalue weighted by molar-refractivity contribution is 7.13. The number of nitrogens with one attached hydrogen (secondary N) is 1. The maximum atomic E-state index is 12.3. The molecule has 5 rings (SSSR count). The number of hydrogen-bond acceptors (Lipinski definition) is 5. The van der Waals surface area contributed by atoms with E-state index in [1.165, 1.54) is 19.3 Å². The van der Waals surface area contributed by atoms with Gasteiger partial charge in [-0.2, -0.15) is 0 Å². The second kappa shape index (κ2) is 8.48. The minimum absolute atomic E-state index is 0.197. The van der Waals surface area contributed by atoms with Crippen LogP contribution in [0.5, 0.6) is 11.5 Å². The number of fused-ring (bicyclic) bond motifs is 1. The predicted octanol–water partition coefficient (Wildman–Crippen LogP) is 5.40. The van der Waals surface area contributed by atoms with Crippen LogP contribution in [0.1, 0.15) is 37.7 Å². The third kappa shape index (κ3) is 4.05. The molecule has 1 saturated carbocycles. The van der Waals surface area contributed by atoms with Crippen LogP contribution in [0.2, 0.25) is 0 Å². The van der Waals surface area contributed by atoms with Gasteiger partial charge in [0, 0.05) is 29.0 Å². The van der Waals surface area contributed by atoms with Crippen LogP contribution < -0.4 is 14.8 Å². The van der Waals surface area contributed by atoms with E-state index < -0.39 is 0 Å². The highest BCUT2D eigenvalue weighted by Gasteiger charge is 2.20. The molecule has 154 valence electrons. The lowest BCUT2D eigenvalue weighted by atomic mass is 9.88. The van der Waals surface area contributed by atoms with Crippen LogP contribution >= 0.6 is 11.3 Å². The van der Waals surface area contributed by atoms with E-state index in [2.05, 4.69) is 35.0 Å². The van der Waals surface area contributed by atoms with Crippen LogP contribution in [0.25, 0.3) is 21.8 Å². The van der Waals surface area contributed by atoms with Crippen LogP contribution in [-0.4, -0.2) is 17.7 Å². The second-order valence-electron chi connectivity index (χ2n) is 7.86. The summed E-state index contributed by atoms with van der Waals surface area (Å²) in [5, 5.41) is 6.13. The summed E-state index contributed by atoms with van der Waals surface area (Å²) < 4.78 is 10.8. The monoisotopic (exact) mass is 420 g/mol. The van der Waals surface area contributed by atoms with Crippen molar-refractivity contribution in [3.8, 4) is 33.3 Å². The van der Waals surface area contributed by atoms with Crippen molar-refractivity contribution >= 4 is 17.2 Å². The molecule has 0 saturated heterocycles. The maximum absolute atomic E-state index is 12.3. The number of benzene rings is 2. The third-order valence-corrected chi connectivity index (χ3v) is 6.71. The number of aromatic nitrogens is 1. The van der Waals surface area contributed by atoms with Crippen molar-refractivity contribution in [3.63, 3.8) is 0 Å². The number of hydrogen-bond donors (Lipinski definition) is 1. The topological polar surface area (TPSA) is 60.5 Å². The van der Waals surface area contributed by atoms with Gasteiger partial charge in [0.15, 0.2) is 11.5 Å². The normalized spacial score (nSPS) is 15.9. The number of rotatable bonds is 5. The van der Waals surface area contributed by atoms with Crippen molar-refractivity contribution in [3.05, 3.63) is 53.4 Å². The first kappa shape index (κ1) is 19.1. The zero-order valence-corrected chi connectivity index (χ0v) is 17.5. The molecule has 0 radical (unpaired) electrons. The lowest BCUT2D eigenvalue weighted by Gasteiger charge is -2.20. The van der Waals surface area contributed by atoms with E-state index in [-0.39, 0.29) is 18.6 Å². The summed E-state index contributed by atoms with van der Waals surface area (Å²) in [5.74, 6) is 1.94. The molecule has 2 aliphatic rings. The summed E-state index contributed by atoms with van der Waals surface area (Å²) in [7, 11) is 0. The van der Waals surface area contributed by atoms with Gasteiger partial charge in [0.05, 0.1) is 5.69 Å². The molecule has 5 nitrogen and oxygen atoms in total.